The summed E-state index contributed by atoms with van der Waals surface area (Å²) in [7, 11) is 0. The molecule has 7 heteroatoms. The zero-order valence-corrected chi connectivity index (χ0v) is 12.7. The molecule has 2 nitrogen and oxygen atoms in total. The molecule has 0 spiro atoms. The van der Waals surface area contributed by atoms with Gasteiger partial charge in [0.15, 0.2) is 0 Å². The quantitative estimate of drug-likeness (QED) is 0.739. The molecule has 1 atom stereocenters. The maximum absolute atomic E-state index is 12.9. The smallest absolute Gasteiger partial charge is 0.384 e. The monoisotopic (exact) mass is 413 g/mol. The fourth-order valence-corrected chi connectivity index (χ4v) is 2.27. The summed E-state index contributed by atoms with van der Waals surface area (Å²) in [5.41, 5.74) is -0.916. The van der Waals surface area contributed by atoms with Gasteiger partial charge in [0.25, 0.3) is 0 Å². The van der Waals surface area contributed by atoms with Gasteiger partial charge in [0.05, 0.1) is 10.6 Å². The molecule has 0 amide bonds. The van der Waals surface area contributed by atoms with E-state index in [1.807, 2.05) is 22.6 Å². The molecular formula is C13H8ClF3INO. The highest BCUT2D eigenvalue weighted by atomic mass is 127. The molecule has 0 saturated heterocycles. The first-order valence-corrected chi connectivity index (χ1v) is 6.90. The van der Waals surface area contributed by atoms with Crippen molar-refractivity contribution in [3.05, 3.63) is 61.9 Å². The first-order chi connectivity index (χ1) is 9.30. The van der Waals surface area contributed by atoms with E-state index in [0.717, 1.165) is 22.0 Å². The van der Waals surface area contributed by atoms with Gasteiger partial charge in [-0.25, -0.2) is 0 Å². The number of halogens is 5. The number of rotatable bonds is 2. The van der Waals surface area contributed by atoms with Gasteiger partial charge in [0.1, 0.15) is 6.10 Å². The van der Waals surface area contributed by atoms with Crippen LogP contribution in [0, 0.1) is 3.57 Å². The number of alkyl halides is 3. The number of aliphatic hydroxyl groups is 1. The highest BCUT2D eigenvalue weighted by Crippen LogP contribution is 2.36. The van der Waals surface area contributed by atoms with Crippen LogP contribution >= 0.6 is 34.2 Å². The van der Waals surface area contributed by atoms with Crippen molar-refractivity contribution in [2.75, 3.05) is 0 Å². The van der Waals surface area contributed by atoms with Gasteiger partial charge in [0, 0.05) is 21.5 Å². The molecule has 0 aliphatic heterocycles. The fourth-order valence-electron chi connectivity index (χ4n) is 1.74. The summed E-state index contributed by atoms with van der Waals surface area (Å²) in [5, 5.41) is 10.5. The predicted octanol–water partition coefficient (Wildman–Crippen LogP) is 4.44. The normalized spacial score (nSPS) is 13.3. The number of aromatic nitrogens is 1. The number of aliphatic hydroxyl groups excluding tert-OH is 1. The number of hydrogen-bond donors (Lipinski definition) is 1. The largest absolute Gasteiger partial charge is 0.416 e. The molecule has 1 unspecified atom stereocenters. The van der Waals surface area contributed by atoms with Crippen LogP contribution in [0.15, 0.2) is 36.7 Å². The van der Waals surface area contributed by atoms with Crippen LogP contribution in [0.4, 0.5) is 13.2 Å². The van der Waals surface area contributed by atoms with Gasteiger partial charge in [-0.1, -0.05) is 17.7 Å². The Labute approximate surface area is 131 Å². The Bertz CT molecular complexity index is 633. The van der Waals surface area contributed by atoms with Crippen LogP contribution in [0.5, 0.6) is 0 Å². The Balaban J connectivity index is 2.48. The summed E-state index contributed by atoms with van der Waals surface area (Å²) in [6.07, 6.45) is -3.93. The Morgan fingerprint density at radius 2 is 1.95 bits per heavy atom. The first kappa shape index (κ1) is 15.5. The average molecular weight is 414 g/mol. The van der Waals surface area contributed by atoms with Crippen LogP contribution in [0.2, 0.25) is 5.02 Å². The third-order valence-electron chi connectivity index (χ3n) is 2.71. The second-order valence-electron chi connectivity index (χ2n) is 4.04. The van der Waals surface area contributed by atoms with Crippen LogP contribution < -0.4 is 0 Å². The lowest BCUT2D eigenvalue weighted by molar-refractivity contribution is -0.139. The van der Waals surface area contributed by atoms with Crippen molar-refractivity contribution in [3.8, 4) is 0 Å². The SMILES string of the molecule is OC(c1ccc(I)c(Cl)c1)c1cnccc1C(F)(F)F. The Morgan fingerprint density at radius 3 is 2.55 bits per heavy atom. The molecule has 0 aliphatic rings. The van der Waals surface area contributed by atoms with Crippen molar-refractivity contribution in [1.82, 2.24) is 4.98 Å². The number of hydrogen-bond acceptors (Lipinski definition) is 2. The van der Waals surface area contributed by atoms with E-state index in [4.69, 9.17) is 11.6 Å². The minimum atomic E-state index is -4.55. The van der Waals surface area contributed by atoms with Gasteiger partial charge in [-0.3, -0.25) is 4.98 Å². The van der Waals surface area contributed by atoms with Gasteiger partial charge in [-0.05, 0) is 46.4 Å². The van der Waals surface area contributed by atoms with E-state index in [1.165, 1.54) is 12.1 Å². The van der Waals surface area contributed by atoms with Crippen molar-refractivity contribution >= 4 is 34.2 Å². The summed E-state index contributed by atoms with van der Waals surface area (Å²) in [6, 6.07) is 5.45. The highest BCUT2D eigenvalue weighted by molar-refractivity contribution is 14.1. The second kappa shape index (κ2) is 5.87. The van der Waals surface area contributed by atoms with Crippen molar-refractivity contribution in [2.24, 2.45) is 0 Å². The first-order valence-electron chi connectivity index (χ1n) is 5.45. The third-order valence-corrected chi connectivity index (χ3v) is 4.28. The number of pyridine rings is 1. The molecule has 0 fully saturated rings. The van der Waals surface area contributed by atoms with Gasteiger partial charge in [-0.15, -0.1) is 0 Å². The van der Waals surface area contributed by atoms with Gasteiger partial charge >= 0.3 is 6.18 Å². The molecule has 20 heavy (non-hydrogen) atoms. The molecule has 2 aromatic rings. The second-order valence-corrected chi connectivity index (χ2v) is 5.61. The number of benzene rings is 1. The van der Waals surface area contributed by atoms with E-state index in [-0.39, 0.29) is 11.1 Å². The van der Waals surface area contributed by atoms with E-state index >= 15 is 0 Å². The maximum Gasteiger partial charge on any atom is 0.416 e. The lowest BCUT2D eigenvalue weighted by Crippen LogP contribution is -2.13. The highest BCUT2D eigenvalue weighted by Gasteiger charge is 2.35. The van der Waals surface area contributed by atoms with E-state index in [1.54, 1.807) is 6.07 Å². The third kappa shape index (κ3) is 3.24. The fraction of sp³-hybridized carbons (Fsp3) is 0.154. The molecule has 106 valence electrons. The summed E-state index contributed by atoms with van der Waals surface area (Å²) in [5.74, 6) is 0. The molecule has 0 aliphatic carbocycles. The molecule has 0 saturated carbocycles. The number of nitrogens with zero attached hydrogens (tertiary/aromatic N) is 1. The van der Waals surface area contributed by atoms with Gasteiger partial charge in [0.2, 0.25) is 0 Å². The molecule has 1 heterocycles. The van der Waals surface area contributed by atoms with Crippen molar-refractivity contribution < 1.29 is 18.3 Å². The summed E-state index contributed by atoms with van der Waals surface area (Å²) >= 11 is 7.91. The Hall–Kier alpha value is -0.860. The minimum absolute atomic E-state index is 0.286. The summed E-state index contributed by atoms with van der Waals surface area (Å²) in [6.45, 7) is 0. The topological polar surface area (TPSA) is 33.1 Å². The molecule has 1 aromatic carbocycles. The maximum atomic E-state index is 12.9. The van der Waals surface area contributed by atoms with Crippen molar-refractivity contribution in [3.63, 3.8) is 0 Å². The van der Waals surface area contributed by atoms with Crippen LogP contribution in [0.1, 0.15) is 22.8 Å². The zero-order valence-electron chi connectivity index (χ0n) is 9.83. The summed E-state index contributed by atoms with van der Waals surface area (Å²) < 4.78 is 39.5. The molecule has 0 bridgehead atoms. The summed E-state index contributed by atoms with van der Waals surface area (Å²) in [4.78, 5) is 3.65. The molecule has 1 aromatic heterocycles. The van der Waals surface area contributed by atoms with Crippen LogP contribution in [-0.2, 0) is 6.18 Å². The van der Waals surface area contributed by atoms with Crippen LogP contribution in [-0.4, -0.2) is 10.1 Å². The van der Waals surface area contributed by atoms with Crippen molar-refractivity contribution in [2.45, 2.75) is 12.3 Å². The zero-order chi connectivity index (χ0) is 14.9. The lowest BCUT2D eigenvalue weighted by atomic mass is 9.98. The van der Waals surface area contributed by atoms with Crippen molar-refractivity contribution in [1.29, 1.82) is 0 Å². The van der Waals surface area contributed by atoms with Crippen LogP contribution in [0.25, 0.3) is 0 Å². The van der Waals surface area contributed by atoms with Crippen LogP contribution in [0.3, 0.4) is 0 Å². The standard InChI is InChI=1S/C13H8ClF3INO/c14-10-5-7(1-2-11(10)18)12(20)8-6-19-4-3-9(8)13(15,16)17/h1-6,12,20H. The van der Waals surface area contributed by atoms with E-state index < -0.39 is 17.8 Å². The molecule has 0 radical (unpaired) electrons. The average Bonchev–Trinajstić information content (AvgIpc) is 2.40. The molecule has 2 rings (SSSR count). The Kier molecular flexibility index (Phi) is 4.55. The van der Waals surface area contributed by atoms with Gasteiger partial charge in [-0.2, -0.15) is 13.2 Å². The Morgan fingerprint density at radius 1 is 1.25 bits per heavy atom. The molecular weight excluding hydrogens is 406 g/mol. The minimum Gasteiger partial charge on any atom is -0.384 e. The van der Waals surface area contributed by atoms with E-state index in [0.29, 0.717) is 5.02 Å². The predicted molar refractivity (Wildman–Crippen MR) is 77.5 cm³/mol. The lowest BCUT2D eigenvalue weighted by Gasteiger charge is -2.17. The molecule has 1 N–H and O–H groups in total. The van der Waals surface area contributed by atoms with Gasteiger partial charge < -0.3 is 5.11 Å². The van der Waals surface area contributed by atoms with E-state index in [9.17, 15) is 18.3 Å². The van der Waals surface area contributed by atoms with E-state index in [2.05, 4.69) is 4.98 Å².